The van der Waals surface area contributed by atoms with Gasteiger partial charge in [0.25, 0.3) is 0 Å². The maximum atomic E-state index is 12.6. The number of allylic oxidation sites excluding steroid dienone is 2. The Morgan fingerprint density at radius 2 is 1.38 bits per heavy atom. The number of phenolic OH excluding ortho intramolecular Hbond substituents is 1. The zero-order valence-electron chi connectivity index (χ0n) is 30.2. The van der Waals surface area contributed by atoms with Crippen molar-refractivity contribution in [2.75, 3.05) is 12.5 Å². The molecule has 0 saturated carbocycles. The van der Waals surface area contributed by atoms with E-state index in [4.69, 9.17) is 0 Å². The van der Waals surface area contributed by atoms with Crippen molar-refractivity contribution in [1.82, 2.24) is 0 Å². The van der Waals surface area contributed by atoms with Gasteiger partial charge in [-0.15, -0.1) is 10.2 Å². The number of rotatable bonds is 18. The second kappa shape index (κ2) is 17.6. The first kappa shape index (κ1) is 39.4. The third-order valence-corrected chi connectivity index (χ3v) is 11.6. The van der Waals surface area contributed by atoms with E-state index in [0.717, 1.165) is 54.4 Å². The van der Waals surface area contributed by atoms with Crippen molar-refractivity contribution >= 4 is 41.8 Å². The van der Waals surface area contributed by atoms with Gasteiger partial charge in [-0.05, 0) is 74.6 Å². The molecule has 0 amide bonds. The summed E-state index contributed by atoms with van der Waals surface area (Å²) < 4.78 is 49.3. The largest absolute Gasteiger partial charge is 0.507 e. The van der Waals surface area contributed by atoms with E-state index in [1.165, 1.54) is 62.7 Å². The zero-order chi connectivity index (χ0) is 35.6. The molecule has 0 fully saturated rings. The summed E-state index contributed by atoms with van der Waals surface area (Å²) in [5.41, 5.74) is 3.34. The summed E-state index contributed by atoms with van der Waals surface area (Å²) in [6.07, 6.45) is 16.0. The van der Waals surface area contributed by atoms with Crippen molar-refractivity contribution in [2.24, 2.45) is 28.0 Å². The molecule has 3 rings (SSSR count). The Balaban J connectivity index is 1.73. The molecule has 2 unspecified atom stereocenters. The number of hydrogen-bond donors (Lipinski definition) is 1. The molecule has 2 atom stereocenters. The Kier molecular flexibility index (Phi) is 14.4. The topological polar surface area (TPSA) is 113 Å². The second-order valence-electron chi connectivity index (χ2n) is 14.3. The van der Waals surface area contributed by atoms with Crippen LogP contribution in [0.5, 0.6) is 5.75 Å². The molecule has 0 aromatic heterocycles. The Morgan fingerprint density at radius 1 is 0.792 bits per heavy atom. The fraction of sp³-hybridized carbons (Fsp3) is 0.538. The minimum atomic E-state index is -3.80. The van der Waals surface area contributed by atoms with Gasteiger partial charge in [0.05, 0.1) is 15.5 Å². The van der Waals surface area contributed by atoms with Gasteiger partial charge in [-0.2, -0.15) is 0 Å². The van der Waals surface area contributed by atoms with Gasteiger partial charge in [-0.3, -0.25) is 0 Å². The van der Waals surface area contributed by atoms with E-state index in [2.05, 4.69) is 50.9 Å². The van der Waals surface area contributed by atoms with Gasteiger partial charge >= 0.3 is 0 Å². The fourth-order valence-corrected chi connectivity index (χ4v) is 7.81. The number of sulfone groups is 2. The minimum absolute atomic E-state index is 0.0455. The molecular formula is C39H56N2O5S2. The lowest BCUT2D eigenvalue weighted by molar-refractivity contribution is 0.389. The zero-order valence-corrected chi connectivity index (χ0v) is 31.8. The third kappa shape index (κ3) is 11.5. The van der Waals surface area contributed by atoms with Crippen molar-refractivity contribution in [3.05, 3.63) is 65.2 Å². The van der Waals surface area contributed by atoms with Crippen molar-refractivity contribution in [1.29, 1.82) is 0 Å². The highest BCUT2D eigenvalue weighted by Gasteiger charge is 2.20. The van der Waals surface area contributed by atoms with Crippen molar-refractivity contribution in [3.63, 3.8) is 0 Å². The van der Waals surface area contributed by atoms with Crippen LogP contribution in [-0.2, 0) is 26.1 Å². The lowest BCUT2D eigenvalue weighted by atomic mass is 9.91. The van der Waals surface area contributed by atoms with Gasteiger partial charge in [0.2, 0.25) is 0 Å². The van der Waals surface area contributed by atoms with Crippen LogP contribution in [0.3, 0.4) is 0 Å². The van der Waals surface area contributed by atoms with Crippen LogP contribution in [0.15, 0.2) is 74.1 Å². The molecule has 7 nitrogen and oxygen atoms in total. The van der Waals surface area contributed by atoms with Gasteiger partial charge in [-0.25, -0.2) is 16.8 Å². The molecule has 3 aromatic rings. The molecule has 0 aliphatic carbocycles. The van der Waals surface area contributed by atoms with Gasteiger partial charge in [0.1, 0.15) is 11.4 Å². The van der Waals surface area contributed by atoms with Gasteiger partial charge < -0.3 is 5.11 Å². The SMILES string of the molecule is CC(=CCc1c(C)c(N=Nc2ccc(S(C)(=O)=O)cc2S(C)(=O)=O)c2ccccc2c1O)CCCC(C)CCCC(C)CCCC(C)C. The lowest BCUT2D eigenvalue weighted by Gasteiger charge is -2.15. The highest BCUT2D eigenvalue weighted by molar-refractivity contribution is 7.91. The van der Waals surface area contributed by atoms with Crippen LogP contribution in [0.1, 0.15) is 104 Å². The fourth-order valence-electron chi connectivity index (χ4n) is 6.25. The summed E-state index contributed by atoms with van der Waals surface area (Å²) in [6.45, 7) is 13.4. The number of fused-ring (bicyclic) bond motifs is 1. The normalized spacial score (nSPS) is 14.3. The molecule has 48 heavy (non-hydrogen) atoms. The first-order valence-corrected chi connectivity index (χ1v) is 21.1. The first-order valence-electron chi connectivity index (χ1n) is 17.3. The number of phenols is 1. The molecule has 9 heteroatoms. The third-order valence-electron chi connectivity index (χ3n) is 9.34. The standard InChI is InChI=1S/C39H56N2O5S2/c1-27(2)14-11-15-28(3)16-12-17-29(4)18-13-19-30(5)22-24-33-31(6)38(34-20-9-10-21-35(34)39(33)42)41-40-36-25-23-32(47(7,43)44)26-37(36)48(8,45)46/h9-10,20-23,25-29,42H,11-19,24H2,1-8H3. The molecule has 0 saturated heterocycles. The van der Waals surface area contributed by atoms with E-state index >= 15 is 0 Å². The Labute approximate surface area is 289 Å². The van der Waals surface area contributed by atoms with Crippen molar-refractivity contribution in [2.45, 2.75) is 116 Å². The first-order chi connectivity index (χ1) is 22.5. The molecule has 264 valence electrons. The van der Waals surface area contributed by atoms with Crippen LogP contribution in [0.4, 0.5) is 11.4 Å². The summed E-state index contributed by atoms with van der Waals surface area (Å²) >= 11 is 0. The van der Waals surface area contributed by atoms with Crippen LogP contribution < -0.4 is 0 Å². The number of azo groups is 1. The number of benzene rings is 3. The van der Waals surface area contributed by atoms with E-state index in [9.17, 15) is 21.9 Å². The van der Waals surface area contributed by atoms with Crippen molar-refractivity contribution < 1.29 is 21.9 Å². The molecule has 0 aliphatic rings. The lowest BCUT2D eigenvalue weighted by Crippen LogP contribution is -2.02. The maximum Gasteiger partial charge on any atom is 0.177 e. The van der Waals surface area contributed by atoms with E-state index in [1.54, 1.807) is 0 Å². The molecular weight excluding hydrogens is 641 g/mol. The molecule has 3 aromatic carbocycles. The molecule has 0 bridgehead atoms. The van der Waals surface area contributed by atoms with Gasteiger partial charge in [0.15, 0.2) is 19.7 Å². The minimum Gasteiger partial charge on any atom is -0.507 e. The van der Waals surface area contributed by atoms with E-state index in [0.29, 0.717) is 28.8 Å². The average molecular weight is 697 g/mol. The van der Waals surface area contributed by atoms with Crippen LogP contribution in [-0.4, -0.2) is 34.5 Å². The summed E-state index contributed by atoms with van der Waals surface area (Å²) in [5.74, 6) is 2.53. The van der Waals surface area contributed by atoms with Crippen LogP contribution in [0.25, 0.3) is 10.8 Å². The predicted octanol–water partition coefficient (Wildman–Crippen LogP) is 11.0. The monoisotopic (exact) mass is 696 g/mol. The van der Waals surface area contributed by atoms with E-state index in [-0.39, 0.29) is 21.2 Å². The molecule has 1 N–H and O–H groups in total. The van der Waals surface area contributed by atoms with Crippen molar-refractivity contribution in [3.8, 4) is 5.75 Å². The molecule has 0 radical (unpaired) electrons. The van der Waals surface area contributed by atoms with Gasteiger partial charge in [0, 0.05) is 28.8 Å². The molecule has 0 spiro atoms. The highest BCUT2D eigenvalue weighted by atomic mass is 32.2. The Morgan fingerprint density at radius 3 is 1.96 bits per heavy atom. The van der Waals surface area contributed by atoms with Crippen LogP contribution >= 0.6 is 0 Å². The Hall–Kier alpha value is -3.04. The highest BCUT2D eigenvalue weighted by Crippen LogP contribution is 2.41. The predicted molar refractivity (Wildman–Crippen MR) is 199 cm³/mol. The van der Waals surface area contributed by atoms with Gasteiger partial charge in [-0.1, -0.05) is 109 Å². The second-order valence-corrected chi connectivity index (χ2v) is 18.3. The quantitative estimate of drug-likeness (QED) is 0.105. The summed E-state index contributed by atoms with van der Waals surface area (Å²) in [6, 6.07) is 11.2. The average Bonchev–Trinajstić information content (AvgIpc) is 2.99. The van der Waals surface area contributed by atoms with Crippen LogP contribution in [0, 0.1) is 24.7 Å². The summed E-state index contributed by atoms with van der Waals surface area (Å²) in [4.78, 5) is -0.320. The Bertz CT molecular complexity index is 1830. The van der Waals surface area contributed by atoms with E-state index < -0.39 is 19.7 Å². The summed E-state index contributed by atoms with van der Waals surface area (Å²) in [7, 11) is -7.42. The smallest absolute Gasteiger partial charge is 0.177 e. The molecule has 0 aliphatic heterocycles. The summed E-state index contributed by atoms with van der Waals surface area (Å²) in [5, 5.41) is 21.4. The molecule has 0 heterocycles. The maximum absolute atomic E-state index is 12.6. The number of aromatic hydroxyl groups is 1. The van der Waals surface area contributed by atoms with Crippen LogP contribution in [0.2, 0.25) is 0 Å². The van der Waals surface area contributed by atoms with E-state index in [1.807, 2.05) is 31.2 Å². The number of hydrogen-bond acceptors (Lipinski definition) is 7. The number of nitrogens with zero attached hydrogens (tertiary/aromatic N) is 2.